The summed E-state index contributed by atoms with van der Waals surface area (Å²) in [7, 11) is 0. The minimum atomic E-state index is -1.79. The van der Waals surface area contributed by atoms with Gasteiger partial charge >= 0.3 is 0 Å². The number of amides is 1. The van der Waals surface area contributed by atoms with E-state index in [0.717, 1.165) is 32.1 Å². The van der Waals surface area contributed by atoms with E-state index in [4.69, 9.17) is 18.9 Å². The summed E-state index contributed by atoms with van der Waals surface area (Å²) in [4.78, 5) is 13.4. The maximum absolute atomic E-state index is 13.4. The highest BCUT2D eigenvalue weighted by molar-refractivity contribution is 5.76. The van der Waals surface area contributed by atoms with Crippen LogP contribution in [0.2, 0.25) is 0 Å². The topological polar surface area (TPSA) is 228 Å². The first kappa shape index (κ1) is 96.5. The van der Waals surface area contributed by atoms with E-state index in [2.05, 4.69) is 31.3 Å². The molecule has 102 heavy (non-hydrogen) atoms. The molecule has 0 bridgehead atoms. The summed E-state index contributed by atoms with van der Waals surface area (Å²) in [5, 5.41) is 87.8. The zero-order valence-electron chi connectivity index (χ0n) is 66.6. The number of hydrogen-bond donors (Lipinski definition) is 9. The molecule has 0 spiro atoms. The molecule has 0 aromatic carbocycles. The lowest BCUT2D eigenvalue weighted by Gasteiger charge is -2.46. The normalized spacial score (nSPS) is 21.7. The fourth-order valence-corrected chi connectivity index (χ4v) is 15.1. The molecular formula is C88H169NO13. The summed E-state index contributed by atoms with van der Waals surface area (Å²) in [6.45, 7) is 2.87. The van der Waals surface area contributed by atoms with Crippen LogP contribution in [-0.2, 0) is 23.7 Å². The number of carbonyl (C=O) groups is 1. The van der Waals surface area contributed by atoms with E-state index in [1.165, 1.54) is 372 Å². The molecule has 0 saturated carbocycles. The molecule has 1 amide bonds. The van der Waals surface area contributed by atoms with Crippen LogP contribution < -0.4 is 5.32 Å². The molecule has 0 aromatic heterocycles. The number of nitrogens with one attached hydrogen (secondary N) is 1. The van der Waals surface area contributed by atoms with Crippen LogP contribution in [0, 0.1) is 0 Å². The van der Waals surface area contributed by atoms with Gasteiger partial charge in [0.15, 0.2) is 12.6 Å². The number of aliphatic hydroxyl groups excluding tert-OH is 8. The van der Waals surface area contributed by atoms with Crippen molar-refractivity contribution in [3.63, 3.8) is 0 Å². The van der Waals surface area contributed by atoms with E-state index in [0.29, 0.717) is 12.8 Å². The quantitative estimate of drug-likeness (QED) is 0.0204. The molecule has 2 aliphatic heterocycles. The van der Waals surface area contributed by atoms with Crippen LogP contribution in [0.1, 0.15) is 438 Å². The monoisotopic (exact) mass is 1450 g/mol. The Morgan fingerprint density at radius 2 is 0.627 bits per heavy atom. The molecule has 0 radical (unpaired) electrons. The molecule has 604 valence electrons. The van der Waals surface area contributed by atoms with Crippen molar-refractivity contribution in [3.8, 4) is 0 Å². The lowest BCUT2D eigenvalue weighted by atomic mass is 9.97. The average molecular weight is 1450 g/mol. The van der Waals surface area contributed by atoms with Gasteiger partial charge in [0, 0.05) is 6.42 Å². The van der Waals surface area contributed by atoms with Crippen molar-refractivity contribution < 1.29 is 64.6 Å². The Morgan fingerprint density at radius 3 is 0.961 bits per heavy atom. The number of allylic oxidation sites excluding steroid dienone is 3. The van der Waals surface area contributed by atoms with Gasteiger partial charge in [0.25, 0.3) is 0 Å². The fourth-order valence-electron chi connectivity index (χ4n) is 15.1. The summed E-state index contributed by atoms with van der Waals surface area (Å²) < 4.78 is 22.9. The standard InChI is InChI=1S/C88H169NO13/c1-3-5-7-9-11-13-15-17-19-21-23-25-27-29-31-33-35-37-38-39-40-42-44-46-48-50-52-54-56-58-60-62-64-66-68-70-72-80(93)89-76(75-99-87-85(98)83(96)86(79(74-91)101-87)102-88-84(97)82(95)81(94)78(73-90)100-88)77(92)71-69-67-65-63-61-59-57-55-53-51-49-47-45-43-41-36-34-32-30-28-26-24-22-20-18-16-14-12-10-8-6-4-2/h61,63,69,71,76-79,81-88,90-92,94-98H,3-60,62,64-68,70,72-75H2,1-2H3,(H,89,93)/b63-61+,71-69+. The van der Waals surface area contributed by atoms with Gasteiger partial charge in [0.1, 0.15) is 48.8 Å². The van der Waals surface area contributed by atoms with E-state index < -0.39 is 86.8 Å². The summed E-state index contributed by atoms with van der Waals surface area (Å²) in [6.07, 6.45) is 78.8. The van der Waals surface area contributed by atoms with Gasteiger partial charge in [-0.2, -0.15) is 0 Å². The van der Waals surface area contributed by atoms with Crippen molar-refractivity contribution in [2.45, 2.75) is 511 Å². The van der Waals surface area contributed by atoms with Crippen LogP contribution in [0.3, 0.4) is 0 Å². The SMILES string of the molecule is CCCCCCCCCCCCCCCCCCCCCCCCCCCC/C=C/CC/C=C/C(O)C(COC1OC(CO)C(OC2OC(CO)C(O)C(O)C2O)C(O)C1O)NC(=O)CCCCCCCCCCCCCCCCCCCCCCCCCCCCCCCCCCCCCC. The van der Waals surface area contributed by atoms with Gasteiger partial charge in [-0.3, -0.25) is 4.79 Å². The van der Waals surface area contributed by atoms with E-state index in [1.54, 1.807) is 6.08 Å². The van der Waals surface area contributed by atoms with Crippen molar-refractivity contribution in [2.24, 2.45) is 0 Å². The molecule has 12 atom stereocenters. The number of unbranched alkanes of at least 4 members (excludes halogenated alkanes) is 62. The highest BCUT2D eigenvalue weighted by atomic mass is 16.7. The predicted molar refractivity (Wildman–Crippen MR) is 425 cm³/mol. The number of ether oxygens (including phenoxy) is 4. The number of carbonyl (C=O) groups excluding carboxylic acids is 1. The molecule has 0 aliphatic carbocycles. The largest absolute Gasteiger partial charge is 0.394 e. The second kappa shape index (κ2) is 72.3. The second-order valence-corrected chi connectivity index (χ2v) is 31.7. The van der Waals surface area contributed by atoms with Gasteiger partial charge in [0.05, 0.1) is 32.0 Å². The van der Waals surface area contributed by atoms with Crippen molar-refractivity contribution in [3.05, 3.63) is 24.3 Å². The molecule has 2 fully saturated rings. The summed E-state index contributed by atoms with van der Waals surface area (Å²) in [5.41, 5.74) is 0. The molecule has 0 aromatic rings. The molecule has 9 N–H and O–H groups in total. The summed E-state index contributed by atoms with van der Waals surface area (Å²) in [6, 6.07) is -0.931. The molecular weight excluding hydrogens is 1280 g/mol. The van der Waals surface area contributed by atoms with Crippen LogP contribution in [0.25, 0.3) is 0 Å². The van der Waals surface area contributed by atoms with Gasteiger partial charge in [-0.05, 0) is 32.1 Å². The van der Waals surface area contributed by atoms with Crippen LogP contribution >= 0.6 is 0 Å². The molecule has 2 rings (SSSR count). The minimum absolute atomic E-state index is 0.238. The zero-order valence-corrected chi connectivity index (χ0v) is 66.6. The van der Waals surface area contributed by atoms with Crippen molar-refractivity contribution in [1.29, 1.82) is 0 Å². The smallest absolute Gasteiger partial charge is 0.220 e. The third kappa shape index (κ3) is 54.1. The van der Waals surface area contributed by atoms with E-state index in [9.17, 15) is 45.6 Å². The third-order valence-electron chi connectivity index (χ3n) is 22.1. The predicted octanol–water partition coefficient (Wildman–Crippen LogP) is 21.4. The Bertz CT molecular complexity index is 1810. The molecule has 2 aliphatic rings. The summed E-state index contributed by atoms with van der Waals surface area (Å²) >= 11 is 0. The highest BCUT2D eigenvalue weighted by Gasteiger charge is 2.51. The number of aliphatic hydroxyl groups is 8. The van der Waals surface area contributed by atoms with E-state index >= 15 is 0 Å². The van der Waals surface area contributed by atoms with Crippen LogP contribution in [0.4, 0.5) is 0 Å². The lowest BCUT2D eigenvalue weighted by Crippen LogP contribution is -2.65. The maximum Gasteiger partial charge on any atom is 0.220 e. The Balaban J connectivity index is 1.58. The van der Waals surface area contributed by atoms with Gasteiger partial charge in [-0.15, -0.1) is 0 Å². The highest BCUT2D eigenvalue weighted by Crippen LogP contribution is 2.31. The van der Waals surface area contributed by atoms with Crippen molar-refractivity contribution in [2.75, 3.05) is 19.8 Å². The lowest BCUT2D eigenvalue weighted by molar-refractivity contribution is -0.359. The second-order valence-electron chi connectivity index (χ2n) is 31.7. The molecule has 12 unspecified atom stereocenters. The van der Waals surface area contributed by atoms with E-state index in [1.807, 2.05) is 6.08 Å². The van der Waals surface area contributed by atoms with Gasteiger partial charge in [-0.25, -0.2) is 0 Å². The van der Waals surface area contributed by atoms with Crippen molar-refractivity contribution in [1.82, 2.24) is 5.32 Å². The maximum atomic E-state index is 13.4. The van der Waals surface area contributed by atoms with Gasteiger partial charge in [0.2, 0.25) is 5.91 Å². The van der Waals surface area contributed by atoms with Crippen LogP contribution in [0.5, 0.6) is 0 Å². The molecule has 2 saturated heterocycles. The molecule has 14 nitrogen and oxygen atoms in total. The first-order valence-corrected chi connectivity index (χ1v) is 44.6. The molecule has 14 heteroatoms. The van der Waals surface area contributed by atoms with Crippen LogP contribution in [0.15, 0.2) is 24.3 Å². The summed E-state index contributed by atoms with van der Waals surface area (Å²) in [5.74, 6) is -0.238. The zero-order chi connectivity index (χ0) is 73.7. The fraction of sp³-hybridized carbons (Fsp3) is 0.943. The van der Waals surface area contributed by atoms with Gasteiger partial charge < -0.3 is 65.1 Å². The Labute approximate surface area is 628 Å². The van der Waals surface area contributed by atoms with Crippen molar-refractivity contribution >= 4 is 5.91 Å². The minimum Gasteiger partial charge on any atom is -0.394 e. The Hall–Kier alpha value is -1.53. The van der Waals surface area contributed by atoms with E-state index in [-0.39, 0.29) is 18.9 Å². The number of rotatable bonds is 77. The Morgan fingerprint density at radius 1 is 0.343 bits per heavy atom. The average Bonchev–Trinajstić information content (AvgIpc) is 0.790. The molecule has 2 heterocycles. The Kier molecular flexibility index (Phi) is 68.5. The first-order valence-electron chi connectivity index (χ1n) is 44.6. The van der Waals surface area contributed by atoms with Gasteiger partial charge in [-0.1, -0.05) is 423 Å². The first-order chi connectivity index (χ1) is 50.1. The number of hydrogen-bond acceptors (Lipinski definition) is 13. The van der Waals surface area contributed by atoms with Crippen LogP contribution in [-0.4, -0.2) is 140 Å². The third-order valence-corrected chi connectivity index (χ3v) is 22.1.